The maximum absolute atomic E-state index is 14.4. The number of nitrogens with zero attached hydrogens (tertiary/aromatic N) is 2. The van der Waals surface area contributed by atoms with Crippen molar-refractivity contribution in [1.29, 1.82) is 0 Å². The number of likely N-dealkylation sites (tertiary alicyclic amines) is 1. The normalized spacial score (nSPS) is 18.9. The molecule has 3 aromatic rings. The average Bonchev–Trinajstić information content (AvgIpc) is 3.38. The highest BCUT2D eigenvalue weighted by Crippen LogP contribution is 2.29. The number of benzene rings is 1. The minimum atomic E-state index is -4.90. The van der Waals surface area contributed by atoms with Gasteiger partial charge in [0.1, 0.15) is 23.7 Å². The van der Waals surface area contributed by atoms with Crippen LogP contribution in [0.2, 0.25) is 0 Å². The fourth-order valence-corrected chi connectivity index (χ4v) is 4.43. The van der Waals surface area contributed by atoms with Crippen molar-refractivity contribution in [3.05, 3.63) is 71.5 Å². The van der Waals surface area contributed by atoms with Crippen molar-refractivity contribution in [2.45, 2.75) is 37.5 Å². The molecule has 4 rings (SSSR count). The highest BCUT2D eigenvalue weighted by Gasteiger charge is 2.41. The zero-order valence-electron chi connectivity index (χ0n) is 18.7. The summed E-state index contributed by atoms with van der Waals surface area (Å²) in [5, 5.41) is 0. The number of rotatable bonds is 7. The SMILES string of the molecule is NC(=O)c1cc(C(N)C(=O)N2C[C@H](F)C[C@H]2C(=O)Cc2cccc(OC(F)(F)F)c2)c2ccccn12. The first kappa shape index (κ1) is 25.2. The van der Waals surface area contributed by atoms with Crippen molar-refractivity contribution in [3.63, 3.8) is 0 Å². The predicted octanol–water partition coefficient (Wildman–Crippen LogP) is 2.69. The van der Waals surface area contributed by atoms with E-state index in [1.807, 2.05) is 0 Å². The average molecular weight is 506 g/mol. The summed E-state index contributed by atoms with van der Waals surface area (Å²) in [5.74, 6) is -2.52. The lowest BCUT2D eigenvalue weighted by Crippen LogP contribution is -2.45. The molecule has 1 fully saturated rings. The van der Waals surface area contributed by atoms with Gasteiger partial charge in [-0.15, -0.1) is 13.2 Å². The number of pyridine rings is 1. The first-order valence-electron chi connectivity index (χ1n) is 10.9. The number of Topliss-reactive ketones (excluding diaryl/α,β-unsaturated/α-hetero) is 1. The number of hydrogen-bond acceptors (Lipinski definition) is 5. The van der Waals surface area contributed by atoms with Crippen LogP contribution in [0.5, 0.6) is 5.75 Å². The fraction of sp³-hybridized carbons (Fsp3) is 0.292. The van der Waals surface area contributed by atoms with Gasteiger partial charge < -0.3 is 25.5 Å². The molecule has 0 saturated carbocycles. The third-order valence-corrected chi connectivity index (χ3v) is 5.98. The Bertz CT molecular complexity index is 1320. The van der Waals surface area contributed by atoms with Crippen LogP contribution in [-0.2, 0) is 16.0 Å². The van der Waals surface area contributed by atoms with Crippen molar-refractivity contribution >= 4 is 23.1 Å². The van der Waals surface area contributed by atoms with Crippen molar-refractivity contribution in [2.75, 3.05) is 6.54 Å². The van der Waals surface area contributed by atoms with Crippen LogP contribution in [0.3, 0.4) is 0 Å². The second-order valence-electron chi connectivity index (χ2n) is 8.46. The Balaban J connectivity index is 1.56. The molecule has 2 aromatic heterocycles. The summed E-state index contributed by atoms with van der Waals surface area (Å²) in [4.78, 5) is 39.2. The van der Waals surface area contributed by atoms with E-state index < -0.39 is 48.0 Å². The third-order valence-electron chi connectivity index (χ3n) is 5.98. The molecule has 12 heteroatoms. The molecule has 0 spiro atoms. The molecule has 0 aliphatic carbocycles. The summed E-state index contributed by atoms with van der Waals surface area (Å²) in [6.45, 7) is -0.366. The van der Waals surface area contributed by atoms with Gasteiger partial charge in [0.15, 0.2) is 5.78 Å². The largest absolute Gasteiger partial charge is 0.573 e. The van der Waals surface area contributed by atoms with Gasteiger partial charge in [-0.3, -0.25) is 14.4 Å². The number of ether oxygens (including phenoxy) is 1. The van der Waals surface area contributed by atoms with Gasteiger partial charge in [-0.1, -0.05) is 18.2 Å². The highest BCUT2D eigenvalue weighted by atomic mass is 19.4. The van der Waals surface area contributed by atoms with Gasteiger partial charge in [-0.2, -0.15) is 0 Å². The molecule has 1 saturated heterocycles. The van der Waals surface area contributed by atoms with E-state index >= 15 is 0 Å². The smallest absolute Gasteiger partial charge is 0.406 e. The number of nitrogens with two attached hydrogens (primary N) is 2. The van der Waals surface area contributed by atoms with Crippen LogP contribution in [0.4, 0.5) is 17.6 Å². The maximum atomic E-state index is 14.4. The molecule has 1 aromatic carbocycles. The number of alkyl halides is 4. The molecule has 2 amide bonds. The first-order chi connectivity index (χ1) is 16.9. The molecule has 1 aliphatic heterocycles. The summed E-state index contributed by atoms with van der Waals surface area (Å²) >= 11 is 0. The summed E-state index contributed by atoms with van der Waals surface area (Å²) in [6, 6.07) is 8.75. The van der Waals surface area contributed by atoms with Crippen LogP contribution in [0.1, 0.15) is 34.1 Å². The molecule has 0 bridgehead atoms. The number of carbonyl (C=O) groups is 3. The van der Waals surface area contributed by atoms with Crippen LogP contribution in [0.15, 0.2) is 54.7 Å². The zero-order chi connectivity index (χ0) is 26.2. The minimum Gasteiger partial charge on any atom is -0.406 e. The van der Waals surface area contributed by atoms with E-state index in [0.717, 1.165) is 17.0 Å². The van der Waals surface area contributed by atoms with E-state index in [4.69, 9.17) is 11.5 Å². The molecule has 190 valence electrons. The van der Waals surface area contributed by atoms with E-state index in [9.17, 15) is 31.9 Å². The highest BCUT2D eigenvalue weighted by molar-refractivity contribution is 5.96. The van der Waals surface area contributed by atoms with Gasteiger partial charge in [0.05, 0.1) is 18.1 Å². The number of fused-ring (bicyclic) bond motifs is 1. The van der Waals surface area contributed by atoms with E-state index in [0.29, 0.717) is 5.52 Å². The lowest BCUT2D eigenvalue weighted by molar-refractivity contribution is -0.274. The Labute approximate surface area is 202 Å². The molecular weight excluding hydrogens is 484 g/mol. The number of amides is 2. The van der Waals surface area contributed by atoms with Gasteiger partial charge in [-0.05, 0) is 35.9 Å². The first-order valence-corrected chi connectivity index (χ1v) is 10.9. The lowest BCUT2D eigenvalue weighted by atomic mass is 10.0. The summed E-state index contributed by atoms with van der Waals surface area (Å²) in [6.07, 6.45) is -5.41. The van der Waals surface area contributed by atoms with Crippen LogP contribution < -0.4 is 16.2 Å². The molecule has 3 heterocycles. The van der Waals surface area contributed by atoms with Gasteiger partial charge in [0.25, 0.3) is 5.91 Å². The Kier molecular flexibility index (Phi) is 6.72. The summed E-state index contributed by atoms with van der Waals surface area (Å²) < 4.78 is 57.2. The third kappa shape index (κ3) is 5.18. The van der Waals surface area contributed by atoms with Crippen LogP contribution in [-0.4, -0.2) is 52.0 Å². The van der Waals surface area contributed by atoms with Gasteiger partial charge in [0.2, 0.25) is 5.91 Å². The van der Waals surface area contributed by atoms with Crippen LogP contribution in [0.25, 0.3) is 5.52 Å². The quantitative estimate of drug-likeness (QED) is 0.478. The Hall–Kier alpha value is -3.93. The van der Waals surface area contributed by atoms with E-state index in [1.165, 1.54) is 22.6 Å². The van der Waals surface area contributed by atoms with E-state index in [-0.39, 0.29) is 36.2 Å². The molecule has 0 radical (unpaired) electrons. The molecular formula is C24H22F4N4O4. The summed E-state index contributed by atoms with van der Waals surface area (Å²) in [5.41, 5.74) is 12.7. The summed E-state index contributed by atoms with van der Waals surface area (Å²) in [7, 11) is 0. The maximum Gasteiger partial charge on any atom is 0.573 e. The molecule has 36 heavy (non-hydrogen) atoms. The van der Waals surface area contributed by atoms with Crippen LogP contribution in [0, 0.1) is 0 Å². The molecule has 3 atom stereocenters. The second kappa shape index (κ2) is 9.61. The minimum absolute atomic E-state index is 0.0993. The number of carbonyl (C=O) groups excluding carboxylic acids is 3. The van der Waals surface area contributed by atoms with Crippen molar-refractivity contribution in [2.24, 2.45) is 11.5 Å². The van der Waals surface area contributed by atoms with Crippen molar-refractivity contribution in [1.82, 2.24) is 9.30 Å². The predicted molar refractivity (Wildman–Crippen MR) is 120 cm³/mol. The lowest BCUT2D eigenvalue weighted by Gasteiger charge is -2.26. The zero-order valence-corrected chi connectivity index (χ0v) is 18.7. The monoisotopic (exact) mass is 506 g/mol. The number of halogens is 4. The van der Waals surface area contributed by atoms with Gasteiger partial charge in [0, 0.05) is 24.6 Å². The van der Waals surface area contributed by atoms with E-state index in [2.05, 4.69) is 4.74 Å². The van der Waals surface area contributed by atoms with Crippen molar-refractivity contribution < 1.29 is 36.7 Å². The Morgan fingerprint density at radius 1 is 1.11 bits per heavy atom. The number of primary amides is 1. The standard InChI is InChI=1S/C24H22F4N4O4/c25-14-10-18(20(33)9-13-4-3-5-15(8-13)36-24(26,27)28)32(12-14)23(35)21(29)16-11-19(22(30)34)31-7-2-1-6-17(16)31/h1-8,11,14,18,21H,9-10,12,29H2,(H2,30,34)/t14-,18+,21?/m1/s1. The molecule has 1 unspecified atom stereocenters. The van der Waals surface area contributed by atoms with Crippen LogP contribution >= 0.6 is 0 Å². The van der Waals surface area contributed by atoms with E-state index in [1.54, 1.807) is 24.4 Å². The Morgan fingerprint density at radius 3 is 2.56 bits per heavy atom. The Morgan fingerprint density at radius 2 is 1.86 bits per heavy atom. The molecule has 1 aliphatic rings. The second-order valence-corrected chi connectivity index (χ2v) is 8.46. The number of hydrogen-bond donors (Lipinski definition) is 2. The number of ketones is 1. The molecule has 8 nitrogen and oxygen atoms in total. The van der Waals surface area contributed by atoms with Gasteiger partial charge >= 0.3 is 6.36 Å². The fourth-order valence-electron chi connectivity index (χ4n) is 4.43. The van der Waals surface area contributed by atoms with Crippen molar-refractivity contribution in [3.8, 4) is 5.75 Å². The van der Waals surface area contributed by atoms with Gasteiger partial charge in [-0.25, -0.2) is 4.39 Å². The number of aromatic nitrogens is 1. The molecule has 4 N–H and O–H groups in total. The topological polar surface area (TPSA) is 120 Å².